The number of carbonyl (C=O) groups excluding carboxylic acids is 1. The molecule has 8 nitrogen and oxygen atoms in total. The molecule has 1 amide bonds. The molecule has 1 heterocycles. The van der Waals surface area contributed by atoms with Crippen LogP contribution in [0.3, 0.4) is 0 Å². The number of tetrazole rings is 1. The average Bonchev–Trinajstić information content (AvgIpc) is 2.97. The highest BCUT2D eigenvalue weighted by Gasteiger charge is 2.37. The summed E-state index contributed by atoms with van der Waals surface area (Å²) < 4.78 is 7.04. The molecule has 0 unspecified atom stereocenters. The Kier molecular flexibility index (Phi) is 8.00. The van der Waals surface area contributed by atoms with Crippen LogP contribution in [0.2, 0.25) is 0 Å². The SMILES string of the molecule is C=CC(=O)NCCNC1(c2nnnn2CCCOC)CCCCCC1. The molecule has 0 saturated heterocycles. The van der Waals surface area contributed by atoms with Crippen molar-refractivity contribution in [1.29, 1.82) is 0 Å². The van der Waals surface area contributed by atoms with Crippen LogP contribution in [0.5, 0.6) is 0 Å². The zero-order valence-corrected chi connectivity index (χ0v) is 15.2. The van der Waals surface area contributed by atoms with Crippen LogP contribution in [-0.2, 0) is 21.6 Å². The number of aryl methyl sites for hydroxylation is 1. The monoisotopic (exact) mass is 350 g/mol. The van der Waals surface area contributed by atoms with E-state index < -0.39 is 0 Å². The van der Waals surface area contributed by atoms with E-state index in [-0.39, 0.29) is 11.4 Å². The Balaban J connectivity index is 2.08. The Labute approximate surface area is 149 Å². The van der Waals surface area contributed by atoms with Crippen molar-refractivity contribution < 1.29 is 9.53 Å². The number of rotatable bonds is 10. The smallest absolute Gasteiger partial charge is 0.243 e. The maximum absolute atomic E-state index is 11.3. The Morgan fingerprint density at radius 3 is 2.76 bits per heavy atom. The van der Waals surface area contributed by atoms with E-state index in [0.717, 1.165) is 44.5 Å². The minimum Gasteiger partial charge on any atom is -0.385 e. The van der Waals surface area contributed by atoms with Gasteiger partial charge in [-0.2, -0.15) is 0 Å². The van der Waals surface area contributed by atoms with Gasteiger partial charge in [-0.25, -0.2) is 4.68 Å². The summed E-state index contributed by atoms with van der Waals surface area (Å²) in [7, 11) is 1.70. The molecule has 1 fully saturated rings. The first-order valence-electron chi connectivity index (χ1n) is 9.13. The fourth-order valence-electron chi connectivity index (χ4n) is 3.43. The molecule has 0 spiro atoms. The molecule has 1 aromatic heterocycles. The first-order valence-corrected chi connectivity index (χ1v) is 9.13. The van der Waals surface area contributed by atoms with Crippen molar-refractivity contribution >= 4 is 5.91 Å². The van der Waals surface area contributed by atoms with Gasteiger partial charge in [-0.1, -0.05) is 32.3 Å². The lowest BCUT2D eigenvalue weighted by Gasteiger charge is -2.33. The van der Waals surface area contributed by atoms with Gasteiger partial charge >= 0.3 is 0 Å². The van der Waals surface area contributed by atoms with Crippen molar-refractivity contribution in [3.05, 3.63) is 18.5 Å². The van der Waals surface area contributed by atoms with Crippen LogP contribution >= 0.6 is 0 Å². The minimum atomic E-state index is -0.230. The first-order chi connectivity index (χ1) is 12.2. The lowest BCUT2D eigenvalue weighted by atomic mass is 9.89. The van der Waals surface area contributed by atoms with E-state index >= 15 is 0 Å². The van der Waals surface area contributed by atoms with Crippen molar-refractivity contribution in [3.8, 4) is 0 Å². The summed E-state index contributed by atoms with van der Waals surface area (Å²) in [6, 6.07) is 0. The van der Waals surface area contributed by atoms with Gasteiger partial charge in [0.15, 0.2) is 5.82 Å². The molecule has 1 aliphatic carbocycles. The minimum absolute atomic E-state index is 0.152. The van der Waals surface area contributed by atoms with Gasteiger partial charge in [-0.3, -0.25) is 4.79 Å². The van der Waals surface area contributed by atoms with E-state index in [1.807, 2.05) is 4.68 Å². The highest BCUT2D eigenvalue weighted by molar-refractivity contribution is 5.86. The van der Waals surface area contributed by atoms with Gasteiger partial charge in [0.2, 0.25) is 5.91 Å². The van der Waals surface area contributed by atoms with Gasteiger partial charge < -0.3 is 15.4 Å². The molecular weight excluding hydrogens is 320 g/mol. The fraction of sp³-hybridized carbons (Fsp3) is 0.765. The first kappa shape index (κ1) is 19.5. The van der Waals surface area contributed by atoms with E-state index in [2.05, 4.69) is 32.7 Å². The number of hydrogen-bond donors (Lipinski definition) is 2. The number of methoxy groups -OCH3 is 1. The number of aromatic nitrogens is 4. The third-order valence-electron chi connectivity index (χ3n) is 4.71. The van der Waals surface area contributed by atoms with Gasteiger partial charge in [0.1, 0.15) is 0 Å². The normalized spacial score (nSPS) is 17.0. The molecule has 140 valence electrons. The largest absolute Gasteiger partial charge is 0.385 e. The quantitative estimate of drug-likeness (QED) is 0.373. The van der Waals surface area contributed by atoms with Gasteiger partial charge in [-0.15, -0.1) is 5.10 Å². The van der Waals surface area contributed by atoms with Crippen molar-refractivity contribution in [3.63, 3.8) is 0 Å². The summed E-state index contributed by atoms with van der Waals surface area (Å²) >= 11 is 0. The van der Waals surface area contributed by atoms with E-state index in [1.54, 1.807) is 7.11 Å². The molecule has 0 aliphatic heterocycles. The van der Waals surface area contributed by atoms with Crippen molar-refractivity contribution in [2.75, 3.05) is 26.8 Å². The molecule has 1 saturated carbocycles. The van der Waals surface area contributed by atoms with Crippen LogP contribution in [0.4, 0.5) is 0 Å². The summed E-state index contributed by atoms with van der Waals surface area (Å²) in [6.45, 7) is 6.13. The fourth-order valence-corrected chi connectivity index (χ4v) is 3.43. The molecule has 0 aromatic carbocycles. The Bertz CT molecular complexity index is 537. The Morgan fingerprint density at radius 1 is 1.32 bits per heavy atom. The molecule has 0 atom stereocenters. The number of hydrogen-bond acceptors (Lipinski definition) is 6. The molecule has 25 heavy (non-hydrogen) atoms. The van der Waals surface area contributed by atoms with Gasteiger partial charge in [0.25, 0.3) is 0 Å². The van der Waals surface area contributed by atoms with Crippen LogP contribution in [0, 0.1) is 0 Å². The summed E-state index contributed by atoms with van der Waals surface area (Å²) in [5.74, 6) is 0.752. The van der Waals surface area contributed by atoms with E-state index in [9.17, 15) is 4.79 Å². The zero-order chi connectivity index (χ0) is 18.0. The number of amides is 1. The lowest BCUT2D eigenvalue weighted by molar-refractivity contribution is -0.116. The summed E-state index contributed by atoms with van der Waals surface area (Å²) in [5.41, 5.74) is -0.230. The van der Waals surface area contributed by atoms with Crippen LogP contribution in [0.15, 0.2) is 12.7 Å². The summed E-state index contributed by atoms with van der Waals surface area (Å²) in [4.78, 5) is 11.3. The van der Waals surface area contributed by atoms with Crippen LogP contribution < -0.4 is 10.6 Å². The molecule has 8 heteroatoms. The van der Waals surface area contributed by atoms with E-state index in [1.165, 1.54) is 18.9 Å². The van der Waals surface area contributed by atoms with Crippen LogP contribution in [0.1, 0.15) is 50.8 Å². The van der Waals surface area contributed by atoms with E-state index in [0.29, 0.717) is 19.7 Å². The average molecular weight is 350 g/mol. The van der Waals surface area contributed by atoms with Crippen molar-refractivity contribution in [2.45, 2.75) is 57.0 Å². The highest BCUT2D eigenvalue weighted by atomic mass is 16.5. The number of ether oxygens (including phenoxy) is 1. The van der Waals surface area contributed by atoms with Gasteiger partial charge in [-0.05, 0) is 35.8 Å². The maximum atomic E-state index is 11.3. The second-order valence-corrected chi connectivity index (χ2v) is 6.49. The lowest BCUT2D eigenvalue weighted by Crippen LogP contribution is -2.47. The third kappa shape index (κ3) is 5.61. The molecule has 0 radical (unpaired) electrons. The molecular formula is C17H30N6O2. The van der Waals surface area contributed by atoms with E-state index in [4.69, 9.17) is 4.74 Å². The standard InChI is InChI=1S/C17H30N6O2/c1-3-15(24)18-11-12-19-17(9-6-4-5-7-10-17)16-20-21-22-23(16)13-8-14-25-2/h3,19H,1,4-14H2,2H3,(H,18,24). The molecule has 2 N–H and O–H groups in total. The molecule has 1 aromatic rings. The van der Waals surface area contributed by atoms with Crippen LogP contribution in [0.25, 0.3) is 0 Å². The van der Waals surface area contributed by atoms with Crippen molar-refractivity contribution in [1.82, 2.24) is 30.8 Å². The van der Waals surface area contributed by atoms with Crippen LogP contribution in [-0.4, -0.2) is 52.9 Å². The predicted molar refractivity (Wildman–Crippen MR) is 94.9 cm³/mol. The molecule has 1 aliphatic rings. The van der Waals surface area contributed by atoms with Gasteiger partial charge in [0, 0.05) is 33.4 Å². The number of carbonyl (C=O) groups is 1. The highest BCUT2D eigenvalue weighted by Crippen LogP contribution is 2.34. The summed E-state index contributed by atoms with van der Waals surface area (Å²) in [6.07, 6.45) is 8.95. The summed E-state index contributed by atoms with van der Waals surface area (Å²) in [5, 5.41) is 18.9. The maximum Gasteiger partial charge on any atom is 0.243 e. The number of nitrogens with zero attached hydrogens (tertiary/aromatic N) is 4. The predicted octanol–water partition coefficient (Wildman–Crippen LogP) is 1.15. The second-order valence-electron chi connectivity index (χ2n) is 6.49. The zero-order valence-electron chi connectivity index (χ0n) is 15.2. The van der Waals surface area contributed by atoms with Crippen molar-refractivity contribution in [2.24, 2.45) is 0 Å². The molecule has 0 bridgehead atoms. The molecule has 2 rings (SSSR count). The number of nitrogens with one attached hydrogen (secondary N) is 2. The second kappa shape index (κ2) is 10.2. The third-order valence-corrected chi connectivity index (χ3v) is 4.71. The Morgan fingerprint density at radius 2 is 2.08 bits per heavy atom. The Hall–Kier alpha value is -1.80. The van der Waals surface area contributed by atoms with Gasteiger partial charge in [0.05, 0.1) is 5.54 Å². The topological polar surface area (TPSA) is 94.0 Å².